The molecule has 0 radical (unpaired) electrons. The Morgan fingerprint density at radius 3 is 2.39 bits per heavy atom. The van der Waals surface area contributed by atoms with Gasteiger partial charge in [0.05, 0.1) is 19.7 Å². The maximum absolute atomic E-state index is 14.9. The summed E-state index contributed by atoms with van der Waals surface area (Å²) < 4.78 is 20.2. The SMILES string of the molecule is COc1ccc(NC(=O)C2(N(Cc3ccccc3F)C(=O)CN3CC(c4ccccc4)NC3=S)CCCCC2)cc1. The largest absolute Gasteiger partial charge is 0.497 e. The number of rotatable bonds is 9. The van der Waals surface area contributed by atoms with Gasteiger partial charge in [-0.25, -0.2) is 4.39 Å². The van der Waals surface area contributed by atoms with E-state index in [0.29, 0.717) is 41.5 Å². The zero-order valence-electron chi connectivity index (χ0n) is 23.1. The van der Waals surface area contributed by atoms with E-state index in [-0.39, 0.29) is 30.9 Å². The van der Waals surface area contributed by atoms with Crippen LogP contribution in [0.5, 0.6) is 5.75 Å². The van der Waals surface area contributed by atoms with Crippen molar-refractivity contribution in [3.8, 4) is 5.75 Å². The molecule has 0 bridgehead atoms. The molecule has 1 aliphatic heterocycles. The summed E-state index contributed by atoms with van der Waals surface area (Å²) in [6.45, 7) is 0.492. The van der Waals surface area contributed by atoms with Crippen LogP contribution in [0.3, 0.4) is 0 Å². The average molecular weight is 575 g/mol. The number of nitrogens with zero attached hydrogens (tertiary/aromatic N) is 2. The Kier molecular flexibility index (Phi) is 8.83. The minimum absolute atomic E-state index is 0.0127. The third-order valence-corrected chi connectivity index (χ3v) is 8.45. The number of methoxy groups -OCH3 is 1. The van der Waals surface area contributed by atoms with Gasteiger partial charge < -0.3 is 25.2 Å². The van der Waals surface area contributed by atoms with Crippen molar-refractivity contribution in [3.63, 3.8) is 0 Å². The molecule has 1 heterocycles. The number of amides is 2. The van der Waals surface area contributed by atoms with Crippen LogP contribution in [0.1, 0.15) is 49.3 Å². The van der Waals surface area contributed by atoms with Crippen LogP contribution in [0.15, 0.2) is 78.9 Å². The molecule has 1 unspecified atom stereocenters. The molecule has 41 heavy (non-hydrogen) atoms. The second-order valence-corrected chi connectivity index (χ2v) is 11.0. The summed E-state index contributed by atoms with van der Waals surface area (Å²) in [5.74, 6) is -0.265. The highest BCUT2D eigenvalue weighted by Gasteiger charge is 2.47. The molecule has 9 heteroatoms. The minimum atomic E-state index is -1.13. The van der Waals surface area contributed by atoms with E-state index >= 15 is 0 Å². The number of nitrogens with one attached hydrogen (secondary N) is 2. The molecule has 1 saturated carbocycles. The summed E-state index contributed by atoms with van der Waals surface area (Å²) >= 11 is 5.61. The van der Waals surface area contributed by atoms with Gasteiger partial charge in [0.1, 0.15) is 17.1 Å². The second-order valence-electron chi connectivity index (χ2n) is 10.6. The number of hydrogen-bond acceptors (Lipinski definition) is 4. The molecule has 2 fully saturated rings. The number of thiocarbonyl (C=S) groups is 1. The highest BCUT2D eigenvalue weighted by atomic mass is 32.1. The summed E-state index contributed by atoms with van der Waals surface area (Å²) in [6, 6.07) is 23.4. The maximum atomic E-state index is 14.9. The lowest BCUT2D eigenvalue weighted by molar-refractivity contribution is -0.149. The molecule has 3 aromatic rings. The number of carbonyl (C=O) groups is 2. The molecule has 2 N–H and O–H groups in total. The van der Waals surface area contributed by atoms with Crippen LogP contribution < -0.4 is 15.4 Å². The van der Waals surface area contributed by atoms with E-state index in [0.717, 1.165) is 24.8 Å². The summed E-state index contributed by atoms with van der Waals surface area (Å²) in [5, 5.41) is 6.84. The quantitative estimate of drug-likeness (QED) is 0.332. The number of halogens is 1. The van der Waals surface area contributed by atoms with Gasteiger partial charge >= 0.3 is 0 Å². The van der Waals surface area contributed by atoms with Crippen molar-refractivity contribution in [2.45, 2.75) is 50.2 Å². The molecule has 0 spiro atoms. The Bertz CT molecular complexity index is 1380. The lowest BCUT2D eigenvalue weighted by Crippen LogP contribution is -2.61. The van der Waals surface area contributed by atoms with Crippen molar-refractivity contribution in [2.24, 2.45) is 0 Å². The van der Waals surface area contributed by atoms with Crippen LogP contribution in [-0.2, 0) is 16.1 Å². The van der Waals surface area contributed by atoms with Gasteiger partial charge in [-0.15, -0.1) is 0 Å². The minimum Gasteiger partial charge on any atom is -0.497 e. The van der Waals surface area contributed by atoms with Crippen molar-refractivity contribution in [1.82, 2.24) is 15.1 Å². The third kappa shape index (κ3) is 6.35. The van der Waals surface area contributed by atoms with Gasteiger partial charge in [0.25, 0.3) is 0 Å². The Balaban J connectivity index is 1.44. The summed E-state index contributed by atoms with van der Waals surface area (Å²) in [7, 11) is 1.58. The van der Waals surface area contributed by atoms with Gasteiger partial charge in [0, 0.05) is 24.3 Å². The zero-order chi connectivity index (χ0) is 28.8. The number of benzene rings is 3. The molecule has 1 atom stereocenters. The van der Waals surface area contributed by atoms with Gasteiger partial charge in [0.2, 0.25) is 11.8 Å². The predicted octanol–water partition coefficient (Wildman–Crippen LogP) is 5.44. The van der Waals surface area contributed by atoms with E-state index in [1.54, 1.807) is 54.5 Å². The molecule has 2 aliphatic rings. The van der Waals surface area contributed by atoms with Crippen molar-refractivity contribution in [2.75, 3.05) is 25.5 Å². The lowest BCUT2D eigenvalue weighted by atomic mass is 9.78. The molecule has 7 nitrogen and oxygen atoms in total. The van der Waals surface area contributed by atoms with E-state index in [9.17, 15) is 14.0 Å². The molecule has 3 aromatic carbocycles. The smallest absolute Gasteiger partial charge is 0.250 e. The van der Waals surface area contributed by atoms with E-state index in [2.05, 4.69) is 10.6 Å². The van der Waals surface area contributed by atoms with Gasteiger partial charge in [0.15, 0.2) is 5.11 Å². The van der Waals surface area contributed by atoms with Crippen molar-refractivity contribution in [3.05, 3.63) is 95.8 Å². The van der Waals surface area contributed by atoms with Crippen LogP contribution >= 0.6 is 12.2 Å². The molecule has 2 amide bonds. The monoisotopic (exact) mass is 574 g/mol. The highest BCUT2D eigenvalue weighted by Crippen LogP contribution is 2.37. The first-order chi connectivity index (χ1) is 19.9. The fourth-order valence-corrected chi connectivity index (χ4v) is 6.08. The summed E-state index contributed by atoms with van der Waals surface area (Å²) in [6.07, 6.45) is 3.53. The lowest BCUT2D eigenvalue weighted by Gasteiger charge is -2.45. The molecule has 214 valence electrons. The fraction of sp³-hybridized carbons (Fsp3) is 0.344. The van der Waals surface area contributed by atoms with Gasteiger partial charge in [-0.2, -0.15) is 0 Å². The average Bonchev–Trinajstić information content (AvgIpc) is 3.37. The van der Waals surface area contributed by atoms with Crippen LogP contribution in [0.25, 0.3) is 0 Å². The van der Waals surface area contributed by atoms with Gasteiger partial charge in [-0.05, 0) is 61.0 Å². The Morgan fingerprint density at radius 1 is 1.02 bits per heavy atom. The second kappa shape index (κ2) is 12.7. The number of ether oxygens (including phenoxy) is 1. The summed E-state index contributed by atoms with van der Waals surface area (Å²) in [4.78, 5) is 31.8. The zero-order valence-corrected chi connectivity index (χ0v) is 24.0. The Hall–Kier alpha value is -3.98. The maximum Gasteiger partial charge on any atom is 0.250 e. The van der Waals surface area contributed by atoms with E-state index in [1.807, 2.05) is 35.2 Å². The number of hydrogen-bond donors (Lipinski definition) is 2. The standard InChI is InChI=1S/C32H35FN4O3S/c1-40-26-16-14-25(15-17-26)34-30(39)32(18-8-3-9-19-32)37(20-24-12-6-7-13-27(24)33)29(38)22-36-21-28(35-31(36)41)23-10-4-2-5-11-23/h2,4-7,10-17,28H,3,8-9,18-22H2,1H3,(H,34,39)(H,35,41). The topological polar surface area (TPSA) is 73.9 Å². The van der Waals surface area contributed by atoms with Crippen LogP contribution in [0.2, 0.25) is 0 Å². The fourth-order valence-electron chi connectivity index (χ4n) is 5.80. The van der Waals surface area contributed by atoms with Crippen LogP contribution in [0.4, 0.5) is 10.1 Å². The molecule has 1 aliphatic carbocycles. The first-order valence-corrected chi connectivity index (χ1v) is 14.4. The normalized spacial score (nSPS) is 18.0. The van der Waals surface area contributed by atoms with Crippen LogP contribution in [0, 0.1) is 5.82 Å². The first kappa shape index (κ1) is 28.5. The third-order valence-electron chi connectivity index (χ3n) is 8.07. The highest BCUT2D eigenvalue weighted by molar-refractivity contribution is 7.80. The molecule has 1 saturated heterocycles. The number of anilines is 1. The van der Waals surface area contributed by atoms with Gasteiger partial charge in [-0.3, -0.25) is 9.59 Å². The molecule has 0 aromatic heterocycles. The first-order valence-electron chi connectivity index (χ1n) is 14.0. The van der Waals surface area contributed by atoms with Crippen molar-refractivity contribution in [1.29, 1.82) is 0 Å². The van der Waals surface area contributed by atoms with Crippen molar-refractivity contribution < 1.29 is 18.7 Å². The van der Waals surface area contributed by atoms with E-state index < -0.39 is 11.4 Å². The van der Waals surface area contributed by atoms with Crippen molar-refractivity contribution >= 4 is 34.8 Å². The van der Waals surface area contributed by atoms with Crippen LogP contribution in [-0.4, -0.2) is 52.5 Å². The van der Waals surface area contributed by atoms with E-state index in [4.69, 9.17) is 17.0 Å². The Morgan fingerprint density at radius 2 is 1.71 bits per heavy atom. The molecular weight excluding hydrogens is 539 g/mol. The van der Waals surface area contributed by atoms with Gasteiger partial charge in [-0.1, -0.05) is 67.8 Å². The molecular formula is C32H35FN4O3S. The predicted molar refractivity (Wildman–Crippen MR) is 161 cm³/mol. The van der Waals surface area contributed by atoms with E-state index in [1.165, 1.54) is 6.07 Å². The number of carbonyl (C=O) groups excluding carboxylic acids is 2. The Labute approximate surface area is 245 Å². The molecule has 5 rings (SSSR count). The summed E-state index contributed by atoms with van der Waals surface area (Å²) in [5.41, 5.74) is 0.920.